The number of nitrogens with zero attached hydrogens (tertiary/aromatic N) is 1. The van der Waals surface area contributed by atoms with Crippen LogP contribution in [0, 0.1) is 0 Å². The van der Waals surface area contributed by atoms with E-state index in [-0.39, 0.29) is 23.7 Å². The number of ether oxygens (including phenoxy) is 1. The lowest BCUT2D eigenvalue weighted by molar-refractivity contribution is -0.0498. The Labute approximate surface area is 175 Å². The highest BCUT2D eigenvalue weighted by Crippen LogP contribution is 2.15. The molecule has 0 aliphatic rings. The summed E-state index contributed by atoms with van der Waals surface area (Å²) in [7, 11) is 1.76. The largest absolute Gasteiger partial charge is 0.435 e. The summed E-state index contributed by atoms with van der Waals surface area (Å²) in [6.45, 7) is 1.78. The van der Waals surface area contributed by atoms with E-state index < -0.39 is 6.61 Å². The summed E-state index contributed by atoms with van der Waals surface area (Å²) in [5.41, 5.74) is 2.37. The predicted molar refractivity (Wildman–Crippen MR) is 111 cm³/mol. The number of hydrogen-bond acceptors (Lipinski definition) is 3. The average molecular weight is 419 g/mol. The third-order valence-electron chi connectivity index (χ3n) is 4.60. The maximum Gasteiger partial charge on any atom is 0.387 e. The molecule has 2 N–H and O–H groups in total. The Morgan fingerprint density at radius 2 is 1.57 bits per heavy atom. The van der Waals surface area contributed by atoms with Crippen molar-refractivity contribution in [2.75, 3.05) is 13.6 Å². The van der Waals surface area contributed by atoms with Crippen molar-refractivity contribution in [1.29, 1.82) is 0 Å². The molecule has 0 fully saturated rings. The van der Waals surface area contributed by atoms with E-state index in [0.717, 1.165) is 11.1 Å². The van der Waals surface area contributed by atoms with Gasteiger partial charge in [0.1, 0.15) is 5.75 Å². The van der Waals surface area contributed by atoms with Crippen LogP contribution in [0.25, 0.3) is 0 Å². The molecule has 0 aliphatic heterocycles. The number of halogens is 2. The van der Waals surface area contributed by atoms with Crippen LogP contribution in [-0.2, 0) is 13.0 Å². The fourth-order valence-electron chi connectivity index (χ4n) is 2.61. The molecule has 0 unspecified atom stereocenters. The van der Waals surface area contributed by atoms with Gasteiger partial charge in [0.25, 0.3) is 5.91 Å². The lowest BCUT2D eigenvalue weighted by atomic mass is 10.1. The normalized spacial score (nSPS) is 10.8. The topological polar surface area (TPSA) is 70.7 Å². The van der Waals surface area contributed by atoms with Gasteiger partial charge in [-0.15, -0.1) is 0 Å². The summed E-state index contributed by atoms with van der Waals surface area (Å²) in [4.78, 5) is 25.9. The first kappa shape index (κ1) is 23.1. The molecule has 0 saturated carbocycles. The van der Waals surface area contributed by atoms with Crippen LogP contribution in [0.4, 0.5) is 13.6 Å². The maximum absolute atomic E-state index is 12.3. The Morgan fingerprint density at radius 1 is 0.967 bits per heavy atom. The maximum atomic E-state index is 12.3. The molecule has 2 aromatic rings. The first-order valence-corrected chi connectivity index (χ1v) is 9.68. The molecule has 0 spiro atoms. The van der Waals surface area contributed by atoms with Gasteiger partial charge in [-0.1, -0.05) is 24.3 Å². The molecule has 0 radical (unpaired) electrons. The number of rotatable bonds is 9. The Kier molecular flexibility index (Phi) is 8.58. The second-order valence-corrected chi connectivity index (χ2v) is 7.09. The molecule has 8 heteroatoms. The molecular weight excluding hydrogens is 392 g/mol. The van der Waals surface area contributed by atoms with Crippen LogP contribution in [-0.4, -0.2) is 43.1 Å². The number of carbonyl (C=O) groups excluding carboxylic acids is 2. The number of benzene rings is 2. The van der Waals surface area contributed by atoms with Crippen LogP contribution in [0.5, 0.6) is 5.75 Å². The van der Waals surface area contributed by atoms with E-state index in [1.807, 2.05) is 26.0 Å². The highest BCUT2D eigenvalue weighted by Gasteiger charge is 2.14. The third kappa shape index (κ3) is 7.35. The van der Waals surface area contributed by atoms with Gasteiger partial charge in [-0.3, -0.25) is 4.79 Å². The van der Waals surface area contributed by atoms with E-state index in [2.05, 4.69) is 15.4 Å². The highest BCUT2D eigenvalue weighted by molar-refractivity contribution is 5.94. The zero-order valence-corrected chi connectivity index (χ0v) is 17.3. The van der Waals surface area contributed by atoms with E-state index >= 15 is 0 Å². The zero-order valence-electron chi connectivity index (χ0n) is 17.3. The van der Waals surface area contributed by atoms with Crippen molar-refractivity contribution in [1.82, 2.24) is 15.5 Å². The fraction of sp³-hybridized carbons (Fsp3) is 0.364. The van der Waals surface area contributed by atoms with Gasteiger partial charge in [-0.05, 0) is 55.7 Å². The van der Waals surface area contributed by atoms with Crippen molar-refractivity contribution in [3.63, 3.8) is 0 Å². The van der Waals surface area contributed by atoms with E-state index in [9.17, 15) is 18.4 Å². The zero-order chi connectivity index (χ0) is 22.1. The Morgan fingerprint density at radius 3 is 2.13 bits per heavy atom. The minimum Gasteiger partial charge on any atom is -0.435 e. The van der Waals surface area contributed by atoms with Gasteiger partial charge >= 0.3 is 12.6 Å². The quantitative estimate of drug-likeness (QED) is 0.649. The van der Waals surface area contributed by atoms with Crippen molar-refractivity contribution in [2.24, 2.45) is 0 Å². The van der Waals surface area contributed by atoms with Crippen LogP contribution in [0.15, 0.2) is 48.5 Å². The molecule has 3 amide bonds. The molecule has 0 atom stereocenters. The van der Waals surface area contributed by atoms with Gasteiger partial charge < -0.3 is 20.3 Å². The van der Waals surface area contributed by atoms with Crippen molar-refractivity contribution in [3.8, 4) is 5.75 Å². The van der Waals surface area contributed by atoms with Crippen LogP contribution in [0.1, 0.15) is 35.3 Å². The summed E-state index contributed by atoms with van der Waals surface area (Å²) < 4.78 is 28.6. The fourth-order valence-corrected chi connectivity index (χ4v) is 2.61. The minimum atomic E-state index is -2.85. The van der Waals surface area contributed by atoms with E-state index in [4.69, 9.17) is 0 Å². The number of hydrogen-bond donors (Lipinski definition) is 2. The van der Waals surface area contributed by atoms with Crippen LogP contribution in [0.3, 0.4) is 0 Å². The van der Waals surface area contributed by atoms with E-state index in [0.29, 0.717) is 25.1 Å². The summed E-state index contributed by atoms with van der Waals surface area (Å²) >= 11 is 0. The minimum absolute atomic E-state index is 0.0453. The lowest BCUT2D eigenvalue weighted by Crippen LogP contribution is -2.36. The first-order chi connectivity index (χ1) is 14.3. The van der Waals surface area contributed by atoms with Gasteiger partial charge in [0.05, 0.1) is 0 Å². The molecule has 0 heterocycles. The molecule has 6 nitrogen and oxygen atoms in total. The monoisotopic (exact) mass is 419 g/mol. The average Bonchev–Trinajstić information content (AvgIpc) is 2.72. The van der Waals surface area contributed by atoms with Gasteiger partial charge in [0.15, 0.2) is 0 Å². The second kappa shape index (κ2) is 11.1. The van der Waals surface area contributed by atoms with Gasteiger partial charge in [-0.25, -0.2) is 4.79 Å². The van der Waals surface area contributed by atoms with Crippen molar-refractivity contribution >= 4 is 11.9 Å². The smallest absolute Gasteiger partial charge is 0.387 e. The van der Waals surface area contributed by atoms with E-state index in [1.54, 1.807) is 36.2 Å². The Hall–Kier alpha value is -3.16. The van der Waals surface area contributed by atoms with Crippen molar-refractivity contribution in [2.45, 2.75) is 39.5 Å². The Balaban J connectivity index is 1.72. The molecule has 0 aromatic heterocycles. The number of alkyl halides is 2. The molecule has 2 rings (SSSR count). The molecule has 162 valence electrons. The summed E-state index contributed by atoms with van der Waals surface area (Å²) in [5.74, 6) is 0.0547. The molecule has 30 heavy (non-hydrogen) atoms. The number of carbonyl (C=O) groups is 2. The third-order valence-corrected chi connectivity index (χ3v) is 4.60. The van der Waals surface area contributed by atoms with Crippen LogP contribution >= 0.6 is 0 Å². The van der Waals surface area contributed by atoms with Crippen LogP contribution < -0.4 is 15.4 Å². The standard InChI is InChI=1S/C22H27F2N3O3/c1-15(2)27(3)20(28)18-8-4-17(5-9-18)14-26-22(29)25-13-12-16-6-10-19(11-7-16)30-21(23)24/h4-11,15,21H,12-14H2,1-3H3,(H2,25,26,29). The summed E-state index contributed by atoms with van der Waals surface area (Å²) in [5, 5.41) is 5.50. The van der Waals surface area contributed by atoms with Gasteiger partial charge in [0.2, 0.25) is 0 Å². The molecular formula is C22H27F2N3O3. The molecule has 0 saturated heterocycles. The van der Waals surface area contributed by atoms with Crippen molar-refractivity contribution in [3.05, 3.63) is 65.2 Å². The van der Waals surface area contributed by atoms with E-state index in [1.165, 1.54) is 12.1 Å². The van der Waals surface area contributed by atoms with Gasteiger partial charge in [-0.2, -0.15) is 8.78 Å². The van der Waals surface area contributed by atoms with Gasteiger partial charge in [0, 0.05) is 31.7 Å². The van der Waals surface area contributed by atoms with Crippen molar-refractivity contribution < 1.29 is 23.1 Å². The summed E-state index contributed by atoms with van der Waals surface area (Å²) in [6.07, 6.45) is 0.558. The number of amides is 3. The molecule has 0 bridgehead atoms. The lowest BCUT2D eigenvalue weighted by Gasteiger charge is -2.21. The predicted octanol–water partition coefficient (Wildman–Crippen LogP) is 3.81. The highest BCUT2D eigenvalue weighted by atomic mass is 19.3. The summed E-state index contributed by atoms with van der Waals surface area (Å²) in [6, 6.07) is 13.2. The van der Waals surface area contributed by atoms with Crippen LogP contribution in [0.2, 0.25) is 0 Å². The first-order valence-electron chi connectivity index (χ1n) is 9.68. The number of urea groups is 1. The molecule has 0 aliphatic carbocycles. The SMILES string of the molecule is CC(C)N(C)C(=O)c1ccc(CNC(=O)NCCc2ccc(OC(F)F)cc2)cc1. The molecule has 2 aromatic carbocycles. The second-order valence-electron chi connectivity index (χ2n) is 7.09. The Bertz CT molecular complexity index is 825. The number of nitrogens with one attached hydrogen (secondary N) is 2.